The monoisotopic (exact) mass is 351 g/mol. The van der Waals surface area contributed by atoms with Gasteiger partial charge in [0.15, 0.2) is 0 Å². The van der Waals surface area contributed by atoms with Crippen LogP contribution in [0.3, 0.4) is 0 Å². The lowest BCUT2D eigenvalue weighted by molar-refractivity contribution is 0.241. The highest BCUT2D eigenvalue weighted by Crippen LogP contribution is 2.19. The third-order valence-corrected chi connectivity index (χ3v) is 4.48. The first-order chi connectivity index (χ1) is 12.7. The zero-order valence-electron chi connectivity index (χ0n) is 15.3. The fraction of sp³-hybridized carbons (Fsp3) is 0.286. The van der Waals surface area contributed by atoms with Crippen LogP contribution in [0.4, 0.5) is 4.79 Å². The quantitative estimate of drug-likeness (QED) is 0.609. The first-order valence-corrected chi connectivity index (χ1v) is 8.87. The molecule has 0 bridgehead atoms. The van der Waals surface area contributed by atoms with Crippen LogP contribution >= 0.6 is 0 Å². The SMILES string of the molecule is COc1ccccc1CCNC(=O)NCCc1c[nH]c2cc(C)ccc12. The van der Waals surface area contributed by atoms with E-state index in [0.717, 1.165) is 29.7 Å². The zero-order chi connectivity index (χ0) is 18.4. The molecular formula is C21H25N3O2. The van der Waals surface area contributed by atoms with E-state index in [1.807, 2.05) is 30.5 Å². The molecule has 0 aliphatic rings. The van der Waals surface area contributed by atoms with Gasteiger partial charge in [-0.1, -0.05) is 30.3 Å². The van der Waals surface area contributed by atoms with Crippen molar-refractivity contribution < 1.29 is 9.53 Å². The molecule has 0 spiro atoms. The molecule has 2 amide bonds. The molecular weight excluding hydrogens is 326 g/mol. The van der Waals surface area contributed by atoms with E-state index in [0.29, 0.717) is 13.1 Å². The standard InChI is InChI=1S/C21H25N3O2/c1-15-7-8-18-17(14-24-19(18)13-15)10-12-23-21(25)22-11-9-16-5-3-4-6-20(16)26-2/h3-8,13-14,24H,9-12H2,1-2H3,(H2,22,23,25). The van der Waals surface area contributed by atoms with Crippen molar-refractivity contribution in [2.24, 2.45) is 0 Å². The Morgan fingerprint density at radius 1 is 1.04 bits per heavy atom. The predicted molar refractivity (Wildman–Crippen MR) is 105 cm³/mol. The summed E-state index contributed by atoms with van der Waals surface area (Å²) in [7, 11) is 1.66. The number of para-hydroxylation sites is 1. The molecule has 1 heterocycles. The molecule has 0 radical (unpaired) electrons. The van der Waals surface area contributed by atoms with Gasteiger partial charge in [0.1, 0.15) is 5.75 Å². The molecule has 2 aromatic carbocycles. The van der Waals surface area contributed by atoms with Crippen molar-refractivity contribution >= 4 is 16.9 Å². The van der Waals surface area contributed by atoms with Crippen LogP contribution in [-0.4, -0.2) is 31.2 Å². The number of fused-ring (bicyclic) bond motifs is 1. The molecule has 5 nitrogen and oxygen atoms in total. The van der Waals surface area contributed by atoms with Gasteiger partial charge in [-0.05, 0) is 48.6 Å². The van der Waals surface area contributed by atoms with Gasteiger partial charge in [0.25, 0.3) is 0 Å². The number of carbonyl (C=O) groups is 1. The Morgan fingerprint density at radius 2 is 1.77 bits per heavy atom. The van der Waals surface area contributed by atoms with Crippen LogP contribution in [0.5, 0.6) is 5.75 Å². The summed E-state index contributed by atoms with van der Waals surface area (Å²) in [6.45, 7) is 3.25. The second-order valence-corrected chi connectivity index (χ2v) is 6.36. The lowest BCUT2D eigenvalue weighted by Gasteiger charge is -2.10. The molecule has 0 saturated carbocycles. The van der Waals surface area contributed by atoms with Crippen LogP contribution in [0.25, 0.3) is 10.9 Å². The summed E-state index contributed by atoms with van der Waals surface area (Å²) >= 11 is 0. The van der Waals surface area contributed by atoms with Crippen LogP contribution in [-0.2, 0) is 12.8 Å². The first-order valence-electron chi connectivity index (χ1n) is 8.87. The minimum Gasteiger partial charge on any atom is -0.496 e. The molecule has 3 aromatic rings. The summed E-state index contributed by atoms with van der Waals surface area (Å²) in [6, 6.07) is 14.1. The minimum absolute atomic E-state index is 0.143. The summed E-state index contributed by atoms with van der Waals surface area (Å²) in [6.07, 6.45) is 3.55. The Hall–Kier alpha value is -2.95. The minimum atomic E-state index is -0.143. The largest absolute Gasteiger partial charge is 0.496 e. The Labute approximate surface area is 153 Å². The van der Waals surface area contributed by atoms with Gasteiger partial charge in [0.2, 0.25) is 0 Å². The molecule has 0 aliphatic heterocycles. The van der Waals surface area contributed by atoms with Gasteiger partial charge in [-0.25, -0.2) is 4.79 Å². The highest BCUT2D eigenvalue weighted by molar-refractivity contribution is 5.83. The van der Waals surface area contributed by atoms with E-state index in [4.69, 9.17) is 4.74 Å². The fourth-order valence-corrected chi connectivity index (χ4v) is 3.10. The third-order valence-electron chi connectivity index (χ3n) is 4.48. The lowest BCUT2D eigenvalue weighted by Crippen LogP contribution is -2.37. The van der Waals surface area contributed by atoms with Crippen molar-refractivity contribution in [2.45, 2.75) is 19.8 Å². The number of ether oxygens (including phenoxy) is 1. The number of H-pyrrole nitrogens is 1. The van der Waals surface area contributed by atoms with Crippen molar-refractivity contribution in [3.8, 4) is 5.75 Å². The Balaban J connectivity index is 1.42. The molecule has 1 aromatic heterocycles. The zero-order valence-corrected chi connectivity index (χ0v) is 15.3. The van der Waals surface area contributed by atoms with Gasteiger partial charge >= 0.3 is 6.03 Å². The highest BCUT2D eigenvalue weighted by Gasteiger charge is 2.06. The lowest BCUT2D eigenvalue weighted by atomic mass is 10.1. The van der Waals surface area contributed by atoms with Crippen molar-refractivity contribution in [2.75, 3.05) is 20.2 Å². The fourth-order valence-electron chi connectivity index (χ4n) is 3.10. The molecule has 0 fully saturated rings. The number of aromatic nitrogens is 1. The van der Waals surface area contributed by atoms with Gasteiger partial charge in [0, 0.05) is 30.2 Å². The molecule has 0 unspecified atom stereocenters. The molecule has 136 valence electrons. The maximum atomic E-state index is 12.0. The van der Waals surface area contributed by atoms with Gasteiger partial charge < -0.3 is 20.4 Å². The number of methoxy groups -OCH3 is 1. The summed E-state index contributed by atoms with van der Waals surface area (Å²) < 4.78 is 5.32. The van der Waals surface area contributed by atoms with E-state index in [2.05, 4.69) is 40.7 Å². The number of hydrogen-bond donors (Lipinski definition) is 3. The van der Waals surface area contributed by atoms with Gasteiger partial charge in [-0.15, -0.1) is 0 Å². The van der Waals surface area contributed by atoms with Crippen LogP contribution in [0, 0.1) is 6.92 Å². The second kappa shape index (κ2) is 8.43. The average molecular weight is 351 g/mol. The molecule has 5 heteroatoms. The Bertz CT molecular complexity index is 886. The number of carbonyl (C=O) groups excluding carboxylic acids is 1. The predicted octanol–water partition coefficient (Wildman–Crippen LogP) is 3.57. The van der Waals surface area contributed by atoms with Crippen LogP contribution in [0.15, 0.2) is 48.7 Å². The van der Waals surface area contributed by atoms with Crippen molar-refractivity contribution in [1.29, 1.82) is 0 Å². The van der Waals surface area contributed by atoms with E-state index in [9.17, 15) is 4.79 Å². The van der Waals surface area contributed by atoms with Crippen molar-refractivity contribution in [3.63, 3.8) is 0 Å². The number of benzene rings is 2. The van der Waals surface area contributed by atoms with Crippen molar-refractivity contribution in [1.82, 2.24) is 15.6 Å². The maximum Gasteiger partial charge on any atom is 0.314 e. The van der Waals surface area contributed by atoms with Crippen molar-refractivity contribution in [3.05, 3.63) is 65.4 Å². The number of aryl methyl sites for hydroxylation is 1. The number of rotatable bonds is 7. The van der Waals surface area contributed by atoms with E-state index < -0.39 is 0 Å². The maximum absolute atomic E-state index is 12.0. The molecule has 26 heavy (non-hydrogen) atoms. The molecule has 0 atom stereocenters. The van der Waals surface area contributed by atoms with Gasteiger partial charge in [0.05, 0.1) is 7.11 Å². The molecule has 3 N–H and O–H groups in total. The van der Waals surface area contributed by atoms with Gasteiger partial charge in [-0.3, -0.25) is 0 Å². The van der Waals surface area contributed by atoms with E-state index in [1.165, 1.54) is 16.5 Å². The Kier molecular flexibility index (Phi) is 5.79. The highest BCUT2D eigenvalue weighted by atomic mass is 16.5. The number of amides is 2. The van der Waals surface area contributed by atoms with Crippen LogP contribution in [0.2, 0.25) is 0 Å². The summed E-state index contributed by atoms with van der Waals surface area (Å²) in [4.78, 5) is 15.3. The third kappa shape index (κ3) is 4.36. The smallest absolute Gasteiger partial charge is 0.314 e. The normalized spacial score (nSPS) is 10.7. The van der Waals surface area contributed by atoms with E-state index >= 15 is 0 Å². The first kappa shape index (κ1) is 17.9. The topological polar surface area (TPSA) is 66.2 Å². The average Bonchev–Trinajstić information content (AvgIpc) is 3.04. The van der Waals surface area contributed by atoms with E-state index in [1.54, 1.807) is 7.11 Å². The molecule has 0 aliphatic carbocycles. The molecule has 0 saturated heterocycles. The van der Waals surface area contributed by atoms with Crippen LogP contribution < -0.4 is 15.4 Å². The summed E-state index contributed by atoms with van der Waals surface area (Å²) in [5.74, 6) is 0.851. The van der Waals surface area contributed by atoms with E-state index in [-0.39, 0.29) is 6.03 Å². The number of aromatic amines is 1. The number of hydrogen-bond acceptors (Lipinski definition) is 2. The number of nitrogens with one attached hydrogen (secondary N) is 3. The van der Waals surface area contributed by atoms with Gasteiger partial charge in [-0.2, -0.15) is 0 Å². The Morgan fingerprint density at radius 3 is 2.54 bits per heavy atom. The number of urea groups is 1. The second-order valence-electron chi connectivity index (χ2n) is 6.36. The summed E-state index contributed by atoms with van der Waals surface area (Å²) in [5.41, 5.74) is 4.68. The summed E-state index contributed by atoms with van der Waals surface area (Å²) in [5, 5.41) is 7.03. The molecule has 3 rings (SSSR count). The van der Waals surface area contributed by atoms with Crippen LogP contribution in [0.1, 0.15) is 16.7 Å².